The molecule has 0 atom stereocenters. The first-order valence-electron chi connectivity index (χ1n) is 7.10. The molecule has 0 aromatic heterocycles. The molecule has 0 amide bonds. The maximum atomic E-state index is 13.4. The Hall–Kier alpha value is -2.15. The molecular formula is C16H17F2NO3S. The monoisotopic (exact) mass is 341 g/mol. The highest BCUT2D eigenvalue weighted by molar-refractivity contribution is 7.92. The molecule has 2 aromatic carbocycles. The van der Waals surface area contributed by atoms with Crippen LogP contribution in [0, 0.1) is 11.6 Å². The van der Waals surface area contributed by atoms with Crippen LogP contribution in [0.4, 0.5) is 14.5 Å². The van der Waals surface area contributed by atoms with E-state index >= 15 is 0 Å². The van der Waals surface area contributed by atoms with Crippen LogP contribution in [0.2, 0.25) is 0 Å². The average molecular weight is 341 g/mol. The fraction of sp³-hybridized carbons (Fsp3) is 0.250. The van der Waals surface area contributed by atoms with Gasteiger partial charge in [-0.05, 0) is 50.2 Å². The van der Waals surface area contributed by atoms with E-state index in [0.29, 0.717) is 12.4 Å². The van der Waals surface area contributed by atoms with Gasteiger partial charge in [0, 0.05) is 12.6 Å². The largest absolute Gasteiger partial charge is 0.494 e. The topological polar surface area (TPSA) is 46.6 Å². The predicted octanol–water partition coefficient (Wildman–Crippen LogP) is 3.58. The van der Waals surface area contributed by atoms with Gasteiger partial charge >= 0.3 is 0 Å². The van der Waals surface area contributed by atoms with Gasteiger partial charge in [0.25, 0.3) is 10.0 Å². The minimum Gasteiger partial charge on any atom is -0.494 e. The van der Waals surface area contributed by atoms with Crippen molar-refractivity contribution in [2.24, 2.45) is 0 Å². The van der Waals surface area contributed by atoms with E-state index in [0.717, 1.165) is 16.4 Å². The summed E-state index contributed by atoms with van der Waals surface area (Å²) in [6, 6.07) is 8.94. The first kappa shape index (κ1) is 17.2. The van der Waals surface area contributed by atoms with E-state index < -0.39 is 21.7 Å². The second-order valence-electron chi connectivity index (χ2n) is 4.67. The Bertz CT molecular complexity index is 776. The molecule has 4 nitrogen and oxygen atoms in total. The van der Waals surface area contributed by atoms with Crippen molar-refractivity contribution >= 4 is 15.7 Å². The zero-order valence-electron chi connectivity index (χ0n) is 12.8. The molecule has 0 aliphatic heterocycles. The molecule has 0 bridgehead atoms. The lowest BCUT2D eigenvalue weighted by atomic mass is 10.3. The minimum absolute atomic E-state index is 0.0486. The summed E-state index contributed by atoms with van der Waals surface area (Å²) in [5, 5.41) is 0. The molecule has 0 radical (unpaired) electrons. The number of anilines is 1. The molecule has 0 heterocycles. The maximum absolute atomic E-state index is 13.4. The van der Waals surface area contributed by atoms with Crippen molar-refractivity contribution < 1.29 is 21.9 Å². The van der Waals surface area contributed by atoms with Crippen molar-refractivity contribution in [1.82, 2.24) is 0 Å². The number of hydrogen-bond donors (Lipinski definition) is 0. The molecule has 23 heavy (non-hydrogen) atoms. The fourth-order valence-corrected chi connectivity index (χ4v) is 3.60. The molecule has 124 valence electrons. The normalized spacial score (nSPS) is 11.3. The van der Waals surface area contributed by atoms with Crippen LogP contribution in [0.1, 0.15) is 13.8 Å². The van der Waals surface area contributed by atoms with Crippen LogP contribution < -0.4 is 9.04 Å². The third kappa shape index (κ3) is 3.61. The van der Waals surface area contributed by atoms with E-state index in [9.17, 15) is 17.2 Å². The molecule has 0 unspecified atom stereocenters. The quantitative estimate of drug-likeness (QED) is 0.807. The van der Waals surface area contributed by atoms with E-state index in [1.54, 1.807) is 19.1 Å². The minimum atomic E-state index is -3.88. The van der Waals surface area contributed by atoms with E-state index in [1.165, 1.54) is 18.2 Å². The summed E-state index contributed by atoms with van der Waals surface area (Å²) in [5.41, 5.74) is 0.0697. The Kier molecular flexibility index (Phi) is 5.20. The summed E-state index contributed by atoms with van der Waals surface area (Å²) >= 11 is 0. The van der Waals surface area contributed by atoms with Gasteiger partial charge < -0.3 is 4.74 Å². The Balaban J connectivity index is 2.40. The first-order chi connectivity index (χ1) is 10.9. The lowest BCUT2D eigenvalue weighted by Gasteiger charge is -2.23. The lowest BCUT2D eigenvalue weighted by molar-refractivity contribution is 0.340. The van der Waals surface area contributed by atoms with Crippen molar-refractivity contribution in [1.29, 1.82) is 0 Å². The number of halogens is 2. The standard InChI is InChI=1S/C16H17F2NO3S/c1-3-19(12-5-10-15(17)16(18)11-12)23(20,21)14-8-6-13(7-9-14)22-4-2/h5-11H,3-4H2,1-2H3. The third-order valence-corrected chi connectivity index (χ3v) is 5.12. The molecule has 0 spiro atoms. The summed E-state index contributed by atoms with van der Waals surface area (Å²) in [6.45, 7) is 4.00. The van der Waals surface area contributed by atoms with Gasteiger partial charge in [-0.25, -0.2) is 17.2 Å². The highest BCUT2D eigenvalue weighted by atomic mass is 32.2. The summed E-state index contributed by atoms with van der Waals surface area (Å²) in [7, 11) is -3.88. The second kappa shape index (κ2) is 6.95. The first-order valence-corrected chi connectivity index (χ1v) is 8.54. The highest BCUT2D eigenvalue weighted by Gasteiger charge is 2.24. The van der Waals surface area contributed by atoms with Gasteiger partial charge in [-0.1, -0.05) is 0 Å². The lowest BCUT2D eigenvalue weighted by Crippen LogP contribution is -2.30. The predicted molar refractivity (Wildman–Crippen MR) is 84.2 cm³/mol. The maximum Gasteiger partial charge on any atom is 0.264 e. The second-order valence-corrected chi connectivity index (χ2v) is 6.53. The van der Waals surface area contributed by atoms with E-state index in [2.05, 4.69) is 0 Å². The van der Waals surface area contributed by atoms with Gasteiger partial charge in [0.05, 0.1) is 17.2 Å². The van der Waals surface area contributed by atoms with Gasteiger partial charge in [0.2, 0.25) is 0 Å². The number of rotatable bonds is 6. The summed E-state index contributed by atoms with van der Waals surface area (Å²) in [4.78, 5) is 0.0486. The molecule has 2 rings (SSSR count). The van der Waals surface area contributed by atoms with Crippen molar-refractivity contribution in [3.05, 3.63) is 54.1 Å². The van der Waals surface area contributed by atoms with Crippen LogP contribution in [-0.4, -0.2) is 21.6 Å². The van der Waals surface area contributed by atoms with Crippen LogP contribution in [-0.2, 0) is 10.0 Å². The summed E-state index contributed by atoms with van der Waals surface area (Å²) in [5.74, 6) is -1.56. The van der Waals surface area contributed by atoms with E-state index in [4.69, 9.17) is 4.74 Å². The van der Waals surface area contributed by atoms with Crippen LogP contribution in [0.25, 0.3) is 0 Å². The van der Waals surface area contributed by atoms with Gasteiger partial charge in [-0.15, -0.1) is 0 Å². The van der Waals surface area contributed by atoms with Crippen molar-refractivity contribution in [2.75, 3.05) is 17.5 Å². The molecule has 0 saturated heterocycles. The number of nitrogens with zero attached hydrogens (tertiary/aromatic N) is 1. The number of hydrogen-bond acceptors (Lipinski definition) is 3. The zero-order chi connectivity index (χ0) is 17.0. The molecule has 2 aromatic rings. The van der Waals surface area contributed by atoms with Crippen LogP contribution in [0.5, 0.6) is 5.75 Å². The van der Waals surface area contributed by atoms with Gasteiger partial charge in [0.15, 0.2) is 11.6 Å². The molecule has 0 N–H and O–H groups in total. The Morgan fingerprint density at radius 3 is 2.17 bits per heavy atom. The van der Waals surface area contributed by atoms with Crippen molar-refractivity contribution in [2.45, 2.75) is 18.7 Å². The van der Waals surface area contributed by atoms with Crippen LogP contribution >= 0.6 is 0 Å². The molecular weight excluding hydrogens is 324 g/mol. The van der Waals surface area contributed by atoms with E-state index in [-0.39, 0.29) is 17.1 Å². The summed E-state index contributed by atoms with van der Waals surface area (Å²) < 4.78 is 58.1. The third-order valence-electron chi connectivity index (χ3n) is 3.20. The molecule has 0 saturated carbocycles. The highest BCUT2D eigenvalue weighted by Crippen LogP contribution is 2.26. The molecule has 0 aliphatic carbocycles. The van der Waals surface area contributed by atoms with Crippen LogP contribution in [0.15, 0.2) is 47.4 Å². The summed E-state index contributed by atoms with van der Waals surface area (Å²) in [6.07, 6.45) is 0. The average Bonchev–Trinajstić information content (AvgIpc) is 2.52. The van der Waals surface area contributed by atoms with Crippen molar-refractivity contribution in [3.8, 4) is 5.75 Å². The Morgan fingerprint density at radius 1 is 1.00 bits per heavy atom. The zero-order valence-corrected chi connectivity index (χ0v) is 13.6. The van der Waals surface area contributed by atoms with Crippen molar-refractivity contribution in [3.63, 3.8) is 0 Å². The van der Waals surface area contributed by atoms with Gasteiger partial charge in [-0.2, -0.15) is 0 Å². The fourth-order valence-electron chi connectivity index (χ4n) is 2.13. The Labute approximate surface area is 134 Å². The van der Waals surface area contributed by atoms with Gasteiger partial charge in [-0.3, -0.25) is 4.31 Å². The SMILES string of the molecule is CCOc1ccc(S(=O)(=O)N(CC)c2ccc(F)c(F)c2)cc1. The number of sulfonamides is 1. The van der Waals surface area contributed by atoms with Crippen LogP contribution in [0.3, 0.4) is 0 Å². The van der Waals surface area contributed by atoms with E-state index in [1.807, 2.05) is 6.92 Å². The van der Waals surface area contributed by atoms with Gasteiger partial charge in [0.1, 0.15) is 5.75 Å². The molecule has 0 fully saturated rings. The molecule has 7 heteroatoms. The molecule has 0 aliphatic rings. The number of ether oxygens (including phenoxy) is 1. The Morgan fingerprint density at radius 2 is 1.65 bits per heavy atom. The number of benzene rings is 2. The smallest absolute Gasteiger partial charge is 0.264 e.